The van der Waals surface area contributed by atoms with Gasteiger partial charge < -0.3 is 15.2 Å². The van der Waals surface area contributed by atoms with Gasteiger partial charge in [0.1, 0.15) is 11.9 Å². The van der Waals surface area contributed by atoms with Gasteiger partial charge in [0.15, 0.2) is 0 Å². The van der Waals surface area contributed by atoms with E-state index in [1.165, 1.54) is 0 Å². The fourth-order valence-electron chi connectivity index (χ4n) is 1.57. The van der Waals surface area contributed by atoms with Crippen molar-refractivity contribution in [3.8, 4) is 5.75 Å². The fourth-order valence-corrected chi connectivity index (χ4v) is 1.57. The van der Waals surface area contributed by atoms with Crippen LogP contribution in [0, 0.1) is 0 Å². The van der Waals surface area contributed by atoms with E-state index in [2.05, 4.69) is 4.98 Å². The van der Waals surface area contributed by atoms with E-state index < -0.39 is 0 Å². The van der Waals surface area contributed by atoms with Crippen molar-refractivity contribution in [2.75, 3.05) is 19.8 Å². The van der Waals surface area contributed by atoms with Crippen LogP contribution in [0.15, 0.2) is 18.3 Å². The molecular weight excluding hydrogens is 192 g/mol. The highest BCUT2D eigenvalue weighted by Crippen LogP contribution is 2.15. The number of nitrogens with zero attached hydrogens (tertiary/aromatic N) is 1. The minimum atomic E-state index is 0.187. The number of ether oxygens (including phenoxy) is 2. The minimum Gasteiger partial charge on any atom is -0.486 e. The summed E-state index contributed by atoms with van der Waals surface area (Å²) in [5, 5.41) is 0. The van der Waals surface area contributed by atoms with Crippen LogP contribution in [-0.2, 0) is 11.2 Å². The zero-order valence-corrected chi connectivity index (χ0v) is 8.69. The van der Waals surface area contributed by atoms with Crippen LogP contribution in [-0.4, -0.2) is 30.8 Å². The predicted molar refractivity (Wildman–Crippen MR) is 56.8 cm³/mol. The summed E-state index contributed by atoms with van der Waals surface area (Å²) >= 11 is 0. The molecule has 4 heteroatoms. The lowest BCUT2D eigenvalue weighted by Gasteiger charge is -2.11. The highest BCUT2D eigenvalue weighted by molar-refractivity contribution is 5.20. The van der Waals surface area contributed by atoms with E-state index in [1.54, 1.807) is 6.20 Å². The maximum absolute atomic E-state index is 5.69. The van der Waals surface area contributed by atoms with Crippen LogP contribution < -0.4 is 10.5 Å². The van der Waals surface area contributed by atoms with Crippen molar-refractivity contribution in [2.24, 2.45) is 5.73 Å². The summed E-state index contributed by atoms with van der Waals surface area (Å²) in [6.07, 6.45) is 3.72. The summed E-state index contributed by atoms with van der Waals surface area (Å²) in [5.41, 5.74) is 6.45. The quantitative estimate of drug-likeness (QED) is 0.793. The largest absolute Gasteiger partial charge is 0.486 e. The Morgan fingerprint density at radius 1 is 1.53 bits per heavy atom. The molecule has 1 aliphatic rings. The summed E-state index contributed by atoms with van der Waals surface area (Å²) < 4.78 is 10.9. The molecule has 15 heavy (non-hydrogen) atoms. The molecule has 0 radical (unpaired) electrons. The maximum atomic E-state index is 5.69. The van der Waals surface area contributed by atoms with Gasteiger partial charge in [-0.05, 0) is 18.7 Å². The van der Waals surface area contributed by atoms with Gasteiger partial charge in [0, 0.05) is 18.5 Å². The second kappa shape index (κ2) is 5.09. The molecule has 2 N–H and O–H groups in total. The molecule has 1 aromatic rings. The van der Waals surface area contributed by atoms with Crippen molar-refractivity contribution in [1.29, 1.82) is 0 Å². The molecule has 2 rings (SSSR count). The van der Waals surface area contributed by atoms with Gasteiger partial charge >= 0.3 is 0 Å². The van der Waals surface area contributed by atoms with E-state index in [4.69, 9.17) is 15.2 Å². The Balaban J connectivity index is 1.91. The molecule has 4 nitrogen and oxygen atoms in total. The Morgan fingerprint density at radius 2 is 2.47 bits per heavy atom. The van der Waals surface area contributed by atoms with Gasteiger partial charge in [-0.15, -0.1) is 0 Å². The number of aromatic nitrogens is 1. The average molecular weight is 208 g/mol. The summed E-state index contributed by atoms with van der Waals surface area (Å²) in [6.45, 7) is 2.11. The van der Waals surface area contributed by atoms with Crippen LogP contribution in [0.3, 0.4) is 0 Å². The van der Waals surface area contributed by atoms with Crippen molar-refractivity contribution in [3.63, 3.8) is 0 Å². The Morgan fingerprint density at radius 3 is 3.07 bits per heavy atom. The summed E-state index contributed by atoms with van der Waals surface area (Å²) in [5.74, 6) is 0.811. The third-order valence-corrected chi connectivity index (χ3v) is 2.39. The second-order valence-corrected chi connectivity index (χ2v) is 3.63. The summed E-state index contributed by atoms with van der Waals surface area (Å²) in [6, 6.07) is 3.90. The molecule has 1 aromatic heterocycles. The van der Waals surface area contributed by atoms with Crippen LogP contribution in [0.5, 0.6) is 5.75 Å². The number of hydrogen-bond acceptors (Lipinski definition) is 4. The maximum Gasteiger partial charge on any atom is 0.138 e. The Kier molecular flexibility index (Phi) is 3.53. The Bertz CT molecular complexity index is 294. The topological polar surface area (TPSA) is 57.4 Å². The van der Waals surface area contributed by atoms with Crippen molar-refractivity contribution in [1.82, 2.24) is 4.98 Å². The molecule has 1 atom stereocenters. The van der Waals surface area contributed by atoms with Crippen molar-refractivity contribution >= 4 is 0 Å². The zero-order valence-electron chi connectivity index (χ0n) is 8.69. The number of rotatable bonds is 4. The van der Waals surface area contributed by atoms with Crippen LogP contribution in [0.25, 0.3) is 0 Å². The average Bonchev–Trinajstić information content (AvgIpc) is 2.74. The monoisotopic (exact) mass is 208 g/mol. The molecule has 0 spiro atoms. The van der Waals surface area contributed by atoms with E-state index >= 15 is 0 Å². The van der Waals surface area contributed by atoms with E-state index in [1.807, 2.05) is 12.1 Å². The van der Waals surface area contributed by atoms with Gasteiger partial charge in [0.05, 0.1) is 19.4 Å². The smallest absolute Gasteiger partial charge is 0.138 e. The molecule has 0 aliphatic carbocycles. The molecule has 1 aliphatic heterocycles. The first-order chi connectivity index (χ1) is 7.38. The molecule has 0 amide bonds. The Labute approximate surface area is 89.4 Å². The van der Waals surface area contributed by atoms with Gasteiger partial charge in [0.2, 0.25) is 0 Å². The highest BCUT2D eigenvalue weighted by Gasteiger charge is 2.16. The second-order valence-electron chi connectivity index (χ2n) is 3.63. The van der Waals surface area contributed by atoms with Crippen LogP contribution >= 0.6 is 0 Å². The predicted octanol–water partition coefficient (Wildman–Crippen LogP) is 0.750. The first-order valence-corrected chi connectivity index (χ1v) is 5.28. The molecule has 2 heterocycles. The van der Waals surface area contributed by atoms with E-state index in [-0.39, 0.29) is 6.10 Å². The fraction of sp³-hybridized carbons (Fsp3) is 0.545. The van der Waals surface area contributed by atoms with Crippen LogP contribution in [0.1, 0.15) is 12.1 Å². The van der Waals surface area contributed by atoms with E-state index in [0.717, 1.165) is 30.9 Å². The molecule has 1 saturated heterocycles. The Hall–Kier alpha value is -1.13. The van der Waals surface area contributed by atoms with Crippen LogP contribution in [0.2, 0.25) is 0 Å². The van der Waals surface area contributed by atoms with Gasteiger partial charge in [-0.25, -0.2) is 0 Å². The summed E-state index contributed by atoms with van der Waals surface area (Å²) in [7, 11) is 0. The third kappa shape index (κ3) is 2.91. The molecule has 1 fully saturated rings. The highest BCUT2D eigenvalue weighted by atomic mass is 16.5. The molecule has 82 valence electrons. The number of nitrogens with two attached hydrogens (primary N) is 1. The normalized spacial score (nSPS) is 20.5. The van der Waals surface area contributed by atoms with E-state index in [9.17, 15) is 0 Å². The number of hydrogen-bond donors (Lipinski definition) is 1. The lowest BCUT2D eigenvalue weighted by Crippen LogP contribution is -2.15. The molecule has 0 aromatic carbocycles. The van der Waals surface area contributed by atoms with Gasteiger partial charge in [0.25, 0.3) is 0 Å². The van der Waals surface area contributed by atoms with Gasteiger partial charge in [-0.1, -0.05) is 0 Å². The lowest BCUT2D eigenvalue weighted by molar-refractivity contribution is 0.141. The molecule has 0 bridgehead atoms. The van der Waals surface area contributed by atoms with Crippen molar-refractivity contribution in [2.45, 2.75) is 18.9 Å². The standard InChI is InChI=1S/C11H16N2O2/c12-5-3-9-1-2-10(7-13-9)15-11-4-6-14-8-11/h1-2,7,11H,3-6,8,12H2. The van der Waals surface area contributed by atoms with Crippen LogP contribution in [0.4, 0.5) is 0 Å². The molecular formula is C11H16N2O2. The van der Waals surface area contributed by atoms with E-state index in [0.29, 0.717) is 13.2 Å². The zero-order chi connectivity index (χ0) is 10.5. The van der Waals surface area contributed by atoms with Crippen molar-refractivity contribution in [3.05, 3.63) is 24.0 Å². The molecule has 1 unspecified atom stereocenters. The minimum absolute atomic E-state index is 0.187. The van der Waals surface area contributed by atoms with Crippen molar-refractivity contribution < 1.29 is 9.47 Å². The lowest BCUT2D eigenvalue weighted by atomic mass is 10.2. The first-order valence-electron chi connectivity index (χ1n) is 5.28. The summed E-state index contributed by atoms with van der Waals surface area (Å²) in [4.78, 5) is 4.26. The molecule has 0 saturated carbocycles. The van der Waals surface area contributed by atoms with Gasteiger partial charge in [-0.3, -0.25) is 4.98 Å². The third-order valence-electron chi connectivity index (χ3n) is 2.39. The number of pyridine rings is 1. The SMILES string of the molecule is NCCc1ccc(OC2CCOC2)cn1. The first kappa shape index (κ1) is 10.4. The van der Waals surface area contributed by atoms with Gasteiger partial charge in [-0.2, -0.15) is 0 Å².